The molecule has 0 aliphatic carbocycles. The highest BCUT2D eigenvalue weighted by Gasteiger charge is 2.22. The van der Waals surface area contributed by atoms with E-state index in [1.165, 1.54) is 11.1 Å². The number of benzene rings is 2. The number of carbonyl (C=O) groups excluding carboxylic acids is 4. The monoisotopic (exact) mass is 748 g/mol. The maximum atomic E-state index is 13.9. The molecule has 3 aromatic heterocycles. The highest BCUT2D eigenvalue weighted by molar-refractivity contribution is 6.07. The minimum atomic E-state index is -0.643. The third-order valence-corrected chi connectivity index (χ3v) is 8.49. The van der Waals surface area contributed by atoms with Gasteiger partial charge in [0.25, 0.3) is 5.91 Å². The van der Waals surface area contributed by atoms with Crippen LogP contribution in [0.1, 0.15) is 71.1 Å². The molecule has 55 heavy (non-hydrogen) atoms. The first-order valence-electron chi connectivity index (χ1n) is 18.0. The molecule has 2 amide bonds. The Morgan fingerprint density at radius 2 is 1.64 bits per heavy atom. The molecule has 5 aromatic rings. The molecule has 0 bridgehead atoms. The molecular formula is C40H44N8O7. The van der Waals surface area contributed by atoms with Gasteiger partial charge in [0.1, 0.15) is 30.7 Å². The van der Waals surface area contributed by atoms with Crippen LogP contribution in [0.3, 0.4) is 0 Å². The van der Waals surface area contributed by atoms with Crippen molar-refractivity contribution >= 4 is 52.3 Å². The van der Waals surface area contributed by atoms with Gasteiger partial charge in [0.2, 0.25) is 0 Å². The molecule has 0 fully saturated rings. The number of hydrogen-bond donors (Lipinski definition) is 3. The van der Waals surface area contributed by atoms with Crippen molar-refractivity contribution < 1.29 is 33.4 Å². The SMILES string of the molecule is CCCCCCOC(=O)NC(=N)c1ccc(NCc2nc3cc(C(=O)N(CCC(=O)OCCOC(=O)c4cccnc4)c4ccccn4)ccc3n2C)cc1. The van der Waals surface area contributed by atoms with E-state index in [4.69, 9.17) is 24.6 Å². The number of nitrogens with one attached hydrogen (secondary N) is 3. The van der Waals surface area contributed by atoms with Crippen molar-refractivity contribution in [1.82, 2.24) is 24.8 Å². The number of pyridine rings is 2. The van der Waals surface area contributed by atoms with Crippen LogP contribution in [0.15, 0.2) is 91.4 Å². The van der Waals surface area contributed by atoms with E-state index in [9.17, 15) is 19.2 Å². The molecule has 0 aliphatic rings. The second kappa shape index (κ2) is 20.0. The quantitative estimate of drug-likeness (QED) is 0.0311. The number of alkyl carbamates (subject to hydrolysis) is 1. The molecule has 0 aliphatic heterocycles. The maximum absolute atomic E-state index is 13.9. The minimum absolute atomic E-state index is 0.00286. The van der Waals surface area contributed by atoms with Gasteiger partial charge in [-0.05, 0) is 73.2 Å². The zero-order valence-corrected chi connectivity index (χ0v) is 30.8. The zero-order chi connectivity index (χ0) is 39.0. The van der Waals surface area contributed by atoms with E-state index in [1.54, 1.807) is 67.0 Å². The average molecular weight is 749 g/mol. The van der Waals surface area contributed by atoms with Crippen LogP contribution in [0.2, 0.25) is 0 Å². The third kappa shape index (κ3) is 11.4. The number of aromatic nitrogens is 4. The molecule has 0 saturated heterocycles. The van der Waals surface area contributed by atoms with Gasteiger partial charge in [-0.3, -0.25) is 30.2 Å². The predicted octanol–water partition coefficient (Wildman–Crippen LogP) is 6.04. The van der Waals surface area contributed by atoms with Gasteiger partial charge in [0, 0.05) is 49.0 Å². The Bertz CT molecular complexity index is 2070. The molecular weight excluding hydrogens is 704 g/mol. The van der Waals surface area contributed by atoms with Crippen molar-refractivity contribution in [2.45, 2.75) is 45.6 Å². The molecule has 2 aromatic carbocycles. The summed E-state index contributed by atoms with van der Waals surface area (Å²) in [6, 6.07) is 20.7. The Balaban J connectivity index is 1.15. The molecule has 15 nitrogen and oxygen atoms in total. The van der Waals surface area contributed by atoms with Crippen LogP contribution in [-0.4, -0.2) is 75.7 Å². The number of rotatable bonds is 18. The second-order valence-electron chi connectivity index (χ2n) is 12.4. The minimum Gasteiger partial charge on any atom is -0.462 e. The fourth-order valence-electron chi connectivity index (χ4n) is 5.50. The first kappa shape index (κ1) is 39.6. The summed E-state index contributed by atoms with van der Waals surface area (Å²) in [5, 5.41) is 14.0. The van der Waals surface area contributed by atoms with Crippen LogP contribution >= 0.6 is 0 Å². The van der Waals surface area contributed by atoms with E-state index in [2.05, 4.69) is 27.5 Å². The first-order valence-corrected chi connectivity index (χ1v) is 18.0. The van der Waals surface area contributed by atoms with Crippen LogP contribution in [0, 0.1) is 5.41 Å². The molecule has 286 valence electrons. The number of nitrogens with zero attached hydrogens (tertiary/aromatic N) is 5. The summed E-state index contributed by atoms with van der Waals surface area (Å²) in [7, 11) is 1.89. The second-order valence-corrected chi connectivity index (χ2v) is 12.4. The summed E-state index contributed by atoms with van der Waals surface area (Å²) < 4.78 is 17.5. The van der Waals surface area contributed by atoms with Crippen LogP contribution in [0.5, 0.6) is 0 Å². The molecule has 5 rings (SSSR count). The van der Waals surface area contributed by atoms with Gasteiger partial charge in [-0.1, -0.05) is 32.3 Å². The summed E-state index contributed by atoms with van der Waals surface area (Å²) in [6.45, 7) is 2.54. The predicted molar refractivity (Wildman–Crippen MR) is 206 cm³/mol. The third-order valence-electron chi connectivity index (χ3n) is 8.49. The summed E-state index contributed by atoms with van der Waals surface area (Å²) in [5.41, 5.74) is 3.40. The molecule has 0 radical (unpaired) electrons. The number of fused-ring (bicyclic) bond motifs is 1. The number of aryl methyl sites for hydroxylation is 1. The number of carbonyl (C=O) groups is 4. The van der Waals surface area contributed by atoms with Crippen LogP contribution in [0.25, 0.3) is 11.0 Å². The molecule has 3 heterocycles. The number of anilines is 2. The lowest BCUT2D eigenvalue weighted by Gasteiger charge is -2.21. The molecule has 0 atom stereocenters. The van der Waals surface area contributed by atoms with Gasteiger partial charge < -0.3 is 24.1 Å². The number of amides is 2. The smallest absolute Gasteiger partial charge is 0.412 e. The van der Waals surface area contributed by atoms with Gasteiger partial charge in [0.15, 0.2) is 0 Å². The van der Waals surface area contributed by atoms with Crippen molar-refractivity contribution in [1.29, 1.82) is 5.41 Å². The van der Waals surface area contributed by atoms with Gasteiger partial charge in [0.05, 0.1) is 36.2 Å². The van der Waals surface area contributed by atoms with Gasteiger partial charge in [-0.15, -0.1) is 0 Å². The zero-order valence-electron chi connectivity index (χ0n) is 30.8. The fourth-order valence-corrected chi connectivity index (χ4v) is 5.50. The Morgan fingerprint density at radius 3 is 2.38 bits per heavy atom. The number of hydrogen-bond acceptors (Lipinski definition) is 12. The van der Waals surface area contributed by atoms with Gasteiger partial charge in [-0.2, -0.15) is 0 Å². The van der Waals surface area contributed by atoms with Crippen molar-refractivity contribution in [2.24, 2.45) is 7.05 Å². The lowest BCUT2D eigenvalue weighted by Crippen LogP contribution is -2.34. The van der Waals surface area contributed by atoms with E-state index in [0.717, 1.165) is 42.7 Å². The average Bonchev–Trinajstić information content (AvgIpc) is 3.53. The Morgan fingerprint density at radius 1 is 0.836 bits per heavy atom. The summed E-state index contributed by atoms with van der Waals surface area (Å²) in [6.07, 6.45) is 7.71. The fraction of sp³-hybridized carbons (Fsp3) is 0.300. The Kier molecular flexibility index (Phi) is 14.4. The summed E-state index contributed by atoms with van der Waals surface area (Å²) in [5.74, 6) is -0.479. The molecule has 0 unspecified atom stereocenters. The van der Waals surface area contributed by atoms with Crippen LogP contribution in [-0.2, 0) is 32.6 Å². The standard InChI is InChI=1S/C40H44N8O7/c1-3-4-5-8-22-55-40(52)46-37(41)28-12-15-31(16-13-28)44-27-35-45-32-25-29(14-17-33(32)47(35)2)38(50)48(34-11-6-7-20-43-34)21-18-36(49)53-23-24-54-39(51)30-10-9-19-42-26-30/h6-7,9-17,19-20,25-26,44H,3-5,8,18,21-24,27H2,1-2H3,(H2,41,46,52). The lowest BCUT2D eigenvalue weighted by atomic mass is 10.1. The summed E-state index contributed by atoms with van der Waals surface area (Å²) in [4.78, 5) is 65.0. The highest BCUT2D eigenvalue weighted by atomic mass is 16.6. The van der Waals surface area contributed by atoms with Gasteiger partial charge >= 0.3 is 18.0 Å². The topological polar surface area (TPSA) is 191 Å². The maximum Gasteiger partial charge on any atom is 0.412 e. The molecule has 0 saturated carbocycles. The number of ether oxygens (including phenoxy) is 3. The van der Waals surface area contributed by atoms with E-state index < -0.39 is 18.0 Å². The van der Waals surface area contributed by atoms with E-state index in [0.29, 0.717) is 41.2 Å². The van der Waals surface area contributed by atoms with Gasteiger partial charge in [-0.25, -0.2) is 19.6 Å². The van der Waals surface area contributed by atoms with Crippen LogP contribution in [0.4, 0.5) is 16.3 Å². The first-order chi connectivity index (χ1) is 26.7. The van der Waals surface area contributed by atoms with Crippen molar-refractivity contribution in [3.8, 4) is 0 Å². The Hall–Kier alpha value is -6.64. The normalized spacial score (nSPS) is 10.7. The number of unbranched alkanes of at least 4 members (excludes halogenated alkanes) is 3. The lowest BCUT2D eigenvalue weighted by molar-refractivity contribution is -0.144. The molecule has 0 spiro atoms. The van der Waals surface area contributed by atoms with E-state index >= 15 is 0 Å². The number of amidine groups is 1. The number of esters is 2. The highest BCUT2D eigenvalue weighted by Crippen LogP contribution is 2.21. The summed E-state index contributed by atoms with van der Waals surface area (Å²) >= 11 is 0. The number of imidazole rings is 1. The van der Waals surface area contributed by atoms with Crippen molar-refractivity contribution in [3.05, 3.63) is 114 Å². The van der Waals surface area contributed by atoms with Crippen molar-refractivity contribution in [3.63, 3.8) is 0 Å². The molecule has 3 N–H and O–H groups in total. The van der Waals surface area contributed by atoms with Crippen LogP contribution < -0.4 is 15.5 Å². The molecule has 15 heteroatoms. The Labute approximate surface area is 318 Å². The van der Waals surface area contributed by atoms with Crippen molar-refractivity contribution in [2.75, 3.05) is 36.6 Å². The van der Waals surface area contributed by atoms with E-state index in [-0.39, 0.29) is 37.9 Å². The van der Waals surface area contributed by atoms with E-state index in [1.807, 2.05) is 29.8 Å². The largest absolute Gasteiger partial charge is 0.462 e.